The van der Waals surface area contributed by atoms with Gasteiger partial charge in [-0.3, -0.25) is 14.2 Å². The molecule has 0 saturated heterocycles. The predicted molar refractivity (Wildman–Crippen MR) is 59.2 cm³/mol. The number of amides is 1. The molecule has 0 saturated carbocycles. The van der Waals surface area contributed by atoms with Crippen molar-refractivity contribution in [3.05, 3.63) is 32.6 Å². The lowest BCUT2D eigenvalue weighted by molar-refractivity contribution is -0.118. The van der Waals surface area contributed by atoms with E-state index in [-0.39, 0.29) is 12.1 Å². The van der Waals surface area contributed by atoms with Crippen LogP contribution in [0.3, 0.4) is 0 Å². The minimum Gasteiger partial charge on any atom is -0.291 e. The fourth-order valence-electron chi connectivity index (χ4n) is 1.11. The molecule has 7 nitrogen and oxygen atoms in total. The number of azide groups is 1. The first-order valence-electron chi connectivity index (χ1n) is 4.29. The van der Waals surface area contributed by atoms with Gasteiger partial charge in [-0.2, -0.15) is 0 Å². The average molecular weight is 239 g/mol. The SMILES string of the molecule is CSc1nc(C)cc(=O)n1CC(=O)N=[N+]=[N-]. The quantitative estimate of drug-likeness (QED) is 0.259. The summed E-state index contributed by atoms with van der Waals surface area (Å²) in [6, 6.07) is 1.32. The summed E-state index contributed by atoms with van der Waals surface area (Å²) >= 11 is 1.25. The van der Waals surface area contributed by atoms with Crippen molar-refractivity contribution in [1.29, 1.82) is 0 Å². The van der Waals surface area contributed by atoms with Crippen LogP contribution in [0.2, 0.25) is 0 Å². The molecule has 0 unspecified atom stereocenters. The maximum absolute atomic E-state index is 11.6. The second-order valence-corrected chi connectivity index (χ2v) is 3.67. The number of rotatable bonds is 3. The first-order chi connectivity index (χ1) is 7.58. The molecule has 0 spiro atoms. The highest BCUT2D eigenvalue weighted by atomic mass is 32.2. The molecule has 1 aromatic heterocycles. The Morgan fingerprint density at radius 1 is 1.75 bits per heavy atom. The Balaban J connectivity index is 3.17. The number of hydrogen-bond donors (Lipinski definition) is 0. The molecule has 0 radical (unpaired) electrons. The number of aryl methyl sites for hydroxylation is 1. The van der Waals surface area contributed by atoms with Crippen LogP contribution in [0.1, 0.15) is 5.69 Å². The molecule has 1 rings (SSSR count). The van der Waals surface area contributed by atoms with Gasteiger partial charge in [0.05, 0.1) is 6.54 Å². The van der Waals surface area contributed by atoms with Crippen molar-refractivity contribution >= 4 is 17.7 Å². The summed E-state index contributed by atoms with van der Waals surface area (Å²) in [5.41, 5.74) is 8.33. The van der Waals surface area contributed by atoms with Crippen LogP contribution in [-0.2, 0) is 11.3 Å². The van der Waals surface area contributed by atoms with Gasteiger partial charge >= 0.3 is 0 Å². The van der Waals surface area contributed by atoms with Crippen LogP contribution < -0.4 is 5.56 Å². The molecular weight excluding hydrogens is 230 g/mol. The normalized spacial score (nSPS) is 9.62. The third-order valence-electron chi connectivity index (χ3n) is 1.73. The fraction of sp³-hybridized carbons (Fsp3) is 0.375. The second kappa shape index (κ2) is 5.34. The topological polar surface area (TPSA) is 101 Å². The number of hydrogen-bond acceptors (Lipinski definition) is 4. The predicted octanol–water partition coefficient (Wildman–Crippen LogP) is 1.11. The Kier molecular flexibility index (Phi) is 4.10. The smallest absolute Gasteiger partial charge is 0.254 e. The van der Waals surface area contributed by atoms with E-state index in [9.17, 15) is 9.59 Å². The maximum atomic E-state index is 11.6. The van der Waals surface area contributed by atoms with Gasteiger partial charge < -0.3 is 0 Å². The van der Waals surface area contributed by atoms with Crippen molar-refractivity contribution in [2.45, 2.75) is 18.6 Å². The molecule has 0 atom stereocenters. The molecule has 16 heavy (non-hydrogen) atoms. The van der Waals surface area contributed by atoms with E-state index in [4.69, 9.17) is 5.53 Å². The van der Waals surface area contributed by atoms with Gasteiger partial charge in [-0.15, -0.1) is 0 Å². The lowest BCUT2D eigenvalue weighted by Gasteiger charge is -2.07. The number of carbonyl (C=O) groups excluding carboxylic acids is 1. The molecular formula is C8H9N5O2S. The first-order valence-corrected chi connectivity index (χ1v) is 5.51. The fourth-order valence-corrected chi connectivity index (χ4v) is 1.72. The summed E-state index contributed by atoms with van der Waals surface area (Å²) in [5.74, 6) is -0.717. The highest BCUT2D eigenvalue weighted by molar-refractivity contribution is 7.98. The zero-order chi connectivity index (χ0) is 12.1. The average Bonchev–Trinajstić information content (AvgIpc) is 2.22. The van der Waals surface area contributed by atoms with E-state index in [1.54, 1.807) is 13.2 Å². The van der Waals surface area contributed by atoms with E-state index in [0.29, 0.717) is 10.9 Å². The Bertz CT molecular complexity index is 518. The Hall–Kier alpha value is -1.79. The standard InChI is InChI=1S/C8H9N5O2S/c1-5-3-7(15)13(8(10-5)16-2)4-6(14)11-12-9/h3H,4H2,1-2H3. The molecule has 0 aliphatic carbocycles. The molecule has 84 valence electrons. The summed E-state index contributed by atoms with van der Waals surface area (Å²) in [4.78, 5) is 29.2. The van der Waals surface area contributed by atoms with Crippen LogP contribution in [0.25, 0.3) is 10.4 Å². The molecule has 1 aromatic rings. The van der Waals surface area contributed by atoms with Crippen molar-refractivity contribution in [2.24, 2.45) is 5.11 Å². The van der Waals surface area contributed by atoms with Gasteiger partial charge in [-0.05, 0) is 23.8 Å². The third kappa shape index (κ3) is 2.85. The summed E-state index contributed by atoms with van der Waals surface area (Å²) in [6.07, 6.45) is 1.75. The zero-order valence-corrected chi connectivity index (χ0v) is 9.56. The van der Waals surface area contributed by atoms with E-state index in [2.05, 4.69) is 15.0 Å². The minimum atomic E-state index is -0.717. The Morgan fingerprint density at radius 3 is 3.00 bits per heavy atom. The first kappa shape index (κ1) is 12.3. The van der Waals surface area contributed by atoms with Crippen LogP contribution in [-0.4, -0.2) is 21.7 Å². The number of carbonyl (C=O) groups is 1. The van der Waals surface area contributed by atoms with Crippen LogP contribution in [0.4, 0.5) is 0 Å². The van der Waals surface area contributed by atoms with Gasteiger partial charge in [-0.25, -0.2) is 4.98 Å². The van der Waals surface area contributed by atoms with Gasteiger partial charge in [-0.1, -0.05) is 11.8 Å². The van der Waals surface area contributed by atoms with Crippen molar-refractivity contribution < 1.29 is 4.79 Å². The molecule has 0 N–H and O–H groups in total. The second-order valence-electron chi connectivity index (χ2n) is 2.89. The summed E-state index contributed by atoms with van der Waals surface area (Å²) < 4.78 is 1.18. The highest BCUT2D eigenvalue weighted by Crippen LogP contribution is 2.09. The van der Waals surface area contributed by atoms with Crippen molar-refractivity contribution in [3.63, 3.8) is 0 Å². The molecule has 0 aliphatic rings. The molecule has 1 amide bonds. The van der Waals surface area contributed by atoms with Gasteiger partial charge in [0.2, 0.25) is 5.91 Å². The van der Waals surface area contributed by atoms with Gasteiger partial charge in [0.1, 0.15) is 0 Å². The van der Waals surface area contributed by atoms with E-state index >= 15 is 0 Å². The van der Waals surface area contributed by atoms with E-state index in [1.165, 1.54) is 22.4 Å². The van der Waals surface area contributed by atoms with Crippen molar-refractivity contribution in [2.75, 3.05) is 6.26 Å². The van der Waals surface area contributed by atoms with Crippen molar-refractivity contribution in [1.82, 2.24) is 9.55 Å². The molecule has 0 bridgehead atoms. The summed E-state index contributed by atoms with van der Waals surface area (Å²) in [6.45, 7) is 1.41. The zero-order valence-electron chi connectivity index (χ0n) is 8.75. The van der Waals surface area contributed by atoms with Gasteiger partial charge in [0, 0.05) is 16.7 Å². The summed E-state index contributed by atoms with van der Waals surface area (Å²) in [7, 11) is 0. The van der Waals surface area contributed by atoms with E-state index in [1.807, 2.05) is 0 Å². The third-order valence-corrected chi connectivity index (χ3v) is 2.41. The Morgan fingerprint density at radius 2 is 2.44 bits per heavy atom. The van der Waals surface area contributed by atoms with E-state index in [0.717, 1.165) is 0 Å². The molecule has 8 heteroatoms. The van der Waals surface area contributed by atoms with Crippen LogP contribution >= 0.6 is 11.8 Å². The number of thioether (sulfide) groups is 1. The number of nitrogens with zero attached hydrogens (tertiary/aromatic N) is 5. The largest absolute Gasteiger partial charge is 0.291 e. The van der Waals surface area contributed by atoms with Crippen LogP contribution in [0, 0.1) is 6.92 Å². The molecule has 0 aromatic carbocycles. The molecule has 1 heterocycles. The van der Waals surface area contributed by atoms with Crippen molar-refractivity contribution in [3.8, 4) is 0 Å². The van der Waals surface area contributed by atoms with Gasteiger partial charge in [0.15, 0.2) is 5.16 Å². The monoisotopic (exact) mass is 239 g/mol. The summed E-state index contributed by atoms with van der Waals surface area (Å²) in [5, 5.41) is 3.33. The molecule has 0 fully saturated rings. The Labute approximate surface area is 95.1 Å². The highest BCUT2D eigenvalue weighted by Gasteiger charge is 2.09. The number of aromatic nitrogens is 2. The minimum absolute atomic E-state index is 0.285. The van der Waals surface area contributed by atoms with Crippen LogP contribution in [0.5, 0.6) is 0 Å². The maximum Gasteiger partial charge on any atom is 0.254 e. The lowest BCUT2D eigenvalue weighted by atomic mass is 10.4. The van der Waals surface area contributed by atoms with E-state index < -0.39 is 5.91 Å². The van der Waals surface area contributed by atoms with Gasteiger partial charge in [0.25, 0.3) is 5.56 Å². The van der Waals surface area contributed by atoms with Crippen LogP contribution in [0.15, 0.2) is 21.1 Å². The lowest BCUT2D eigenvalue weighted by Crippen LogP contribution is -2.25. The molecule has 0 aliphatic heterocycles.